The standard InChI is InChI=1S/C21H17N3O/c1-25-19-14-8-13-18(15-19)24-20(16-9-4-2-5-10-16)22-23-21(24)17-11-6-3-7-12-17/h2-15H,1H3. The minimum atomic E-state index is 0.796. The second-order valence-corrected chi connectivity index (χ2v) is 5.62. The molecule has 0 aliphatic heterocycles. The molecule has 0 amide bonds. The molecule has 122 valence electrons. The van der Waals surface area contributed by atoms with Gasteiger partial charge in [0.15, 0.2) is 11.6 Å². The predicted molar refractivity (Wildman–Crippen MR) is 98.8 cm³/mol. The second-order valence-electron chi connectivity index (χ2n) is 5.62. The zero-order chi connectivity index (χ0) is 17.1. The Morgan fingerprint density at radius 3 is 1.76 bits per heavy atom. The summed E-state index contributed by atoms with van der Waals surface area (Å²) in [5.41, 5.74) is 2.99. The molecule has 0 atom stereocenters. The number of methoxy groups -OCH3 is 1. The Morgan fingerprint density at radius 2 is 1.24 bits per heavy atom. The van der Waals surface area contributed by atoms with Crippen LogP contribution in [0.2, 0.25) is 0 Å². The fraction of sp³-hybridized carbons (Fsp3) is 0.0476. The summed E-state index contributed by atoms with van der Waals surface area (Å²) in [6.45, 7) is 0. The summed E-state index contributed by atoms with van der Waals surface area (Å²) in [4.78, 5) is 0. The molecule has 0 unspecified atom stereocenters. The molecule has 1 heterocycles. The third kappa shape index (κ3) is 2.90. The molecule has 0 saturated carbocycles. The summed E-state index contributed by atoms with van der Waals surface area (Å²) in [5, 5.41) is 8.93. The molecule has 4 nitrogen and oxygen atoms in total. The number of nitrogens with zero attached hydrogens (tertiary/aromatic N) is 3. The molecule has 4 aromatic rings. The van der Waals surface area contributed by atoms with Crippen molar-refractivity contribution in [2.45, 2.75) is 0 Å². The van der Waals surface area contributed by atoms with Gasteiger partial charge in [-0.15, -0.1) is 10.2 Å². The molecule has 0 fully saturated rings. The van der Waals surface area contributed by atoms with Crippen molar-refractivity contribution in [3.63, 3.8) is 0 Å². The molecule has 0 N–H and O–H groups in total. The molecule has 4 rings (SSSR count). The van der Waals surface area contributed by atoms with Crippen LogP contribution in [-0.4, -0.2) is 21.9 Å². The third-order valence-electron chi connectivity index (χ3n) is 4.04. The monoisotopic (exact) mass is 327 g/mol. The molecule has 0 aliphatic rings. The van der Waals surface area contributed by atoms with Crippen LogP contribution in [0.3, 0.4) is 0 Å². The highest BCUT2D eigenvalue weighted by Gasteiger charge is 2.17. The molecule has 0 radical (unpaired) electrons. The summed E-state index contributed by atoms with van der Waals surface area (Å²) in [6, 6.07) is 28.1. The SMILES string of the molecule is COc1cccc(-n2c(-c3ccccc3)nnc2-c2ccccc2)c1. The van der Waals surface area contributed by atoms with Gasteiger partial charge in [-0.05, 0) is 12.1 Å². The van der Waals surface area contributed by atoms with Gasteiger partial charge >= 0.3 is 0 Å². The van der Waals surface area contributed by atoms with Gasteiger partial charge in [-0.1, -0.05) is 66.7 Å². The van der Waals surface area contributed by atoms with Gasteiger partial charge < -0.3 is 4.74 Å². The van der Waals surface area contributed by atoms with E-state index in [2.05, 4.69) is 14.8 Å². The summed E-state index contributed by atoms with van der Waals surface area (Å²) in [5.74, 6) is 2.39. The average molecular weight is 327 g/mol. The summed E-state index contributed by atoms with van der Waals surface area (Å²) >= 11 is 0. The van der Waals surface area contributed by atoms with E-state index in [-0.39, 0.29) is 0 Å². The minimum Gasteiger partial charge on any atom is -0.497 e. The number of hydrogen-bond donors (Lipinski definition) is 0. The maximum absolute atomic E-state index is 5.39. The lowest BCUT2D eigenvalue weighted by Gasteiger charge is -2.12. The van der Waals surface area contributed by atoms with E-state index >= 15 is 0 Å². The van der Waals surface area contributed by atoms with Gasteiger partial charge in [-0.25, -0.2) is 0 Å². The topological polar surface area (TPSA) is 39.9 Å². The quantitative estimate of drug-likeness (QED) is 0.549. The van der Waals surface area contributed by atoms with Crippen LogP contribution in [0.1, 0.15) is 0 Å². The van der Waals surface area contributed by atoms with Gasteiger partial charge in [0.1, 0.15) is 5.75 Å². The zero-order valence-electron chi connectivity index (χ0n) is 13.8. The fourth-order valence-corrected chi connectivity index (χ4v) is 2.83. The van der Waals surface area contributed by atoms with Crippen molar-refractivity contribution in [2.24, 2.45) is 0 Å². The molecule has 0 bridgehead atoms. The Hall–Kier alpha value is -3.40. The maximum atomic E-state index is 5.39. The lowest BCUT2D eigenvalue weighted by molar-refractivity contribution is 0.414. The van der Waals surface area contributed by atoms with E-state index in [0.717, 1.165) is 34.2 Å². The summed E-state index contributed by atoms with van der Waals surface area (Å²) in [7, 11) is 1.67. The average Bonchev–Trinajstić information content (AvgIpc) is 3.14. The van der Waals surface area contributed by atoms with Crippen molar-refractivity contribution in [1.29, 1.82) is 0 Å². The summed E-state index contributed by atoms with van der Waals surface area (Å²) < 4.78 is 7.45. The molecular formula is C21H17N3O. The van der Waals surface area contributed by atoms with E-state index in [0.29, 0.717) is 0 Å². The van der Waals surface area contributed by atoms with Gasteiger partial charge in [-0.2, -0.15) is 0 Å². The van der Waals surface area contributed by atoms with Crippen LogP contribution in [0.15, 0.2) is 84.9 Å². The van der Waals surface area contributed by atoms with Crippen LogP contribution < -0.4 is 4.74 Å². The maximum Gasteiger partial charge on any atom is 0.168 e. The van der Waals surface area contributed by atoms with Crippen molar-refractivity contribution in [3.8, 4) is 34.2 Å². The third-order valence-corrected chi connectivity index (χ3v) is 4.04. The van der Waals surface area contributed by atoms with Crippen LogP contribution in [0, 0.1) is 0 Å². The lowest BCUT2D eigenvalue weighted by atomic mass is 10.1. The minimum absolute atomic E-state index is 0.796. The molecular weight excluding hydrogens is 310 g/mol. The van der Waals surface area contributed by atoms with Gasteiger partial charge in [-0.3, -0.25) is 4.57 Å². The van der Waals surface area contributed by atoms with Crippen molar-refractivity contribution < 1.29 is 4.74 Å². The number of aromatic nitrogens is 3. The molecule has 0 aliphatic carbocycles. The molecule has 25 heavy (non-hydrogen) atoms. The largest absolute Gasteiger partial charge is 0.497 e. The molecule has 3 aromatic carbocycles. The number of benzene rings is 3. The van der Waals surface area contributed by atoms with Crippen molar-refractivity contribution in [2.75, 3.05) is 7.11 Å². The highest BCUT2D eigenvalue weighted by Crippen LogP contribution is 2.29. The predicted octanol–water partition coefficient (Wildman–Crippen LogP) is 4.61. The number of ether oxygens (including phenoxy) is 1. The highest BCUT2D eigenvalue weighted by molar-refractivity contribution is 5.66. The second kappa shape index (κ2) is 6.61. The molecule has 0 spiro atoms. The first kappa shape index (κ1) is 15.1. The van der Waals surface area contributed by atoms with Gasteiger partial charge in [0.05, 0.1) is 12.8 Å². The van der Waals surface area contributed by atoms with E-state index in [1.807, 2.05) is 84.9 Å². The van der Waals surface area contributed by atoms with E-state index < -0.39 is 0 Å². The van der Waals surface area contributed by atoms with E-state index in [9.17, 15) is 0 Å². The fourth-order valence-electron chi connectivity index (χ4n) is 2.83. The zero-order valence-corrected chi connectivity index (χ0v) is 13.8. The lowest BCUT2D eigenvalue weighted by Crippen LogP contribution is -2.00. The van der Waals surface area contributed by atoms with Crippen LogP contribution >= 0.6 is 0 Å². The van der Waals surface area contributed by atoms with E-state index in [4.69, 9.17) is 4.74 Å². The van der Waals surface area contributed by atoms with Gasteiger partial charge in [0, 0.05) is 17.2 Å². The van der Waals surface area contributed by atoms with Crippen LogP contribution in [0.25, 0.3) is 28.5 Å². The van der Waals surface area contributed by atoms with Crippen LogP contribution in [0.5, 0.6) is 5.75 Å². The van der Waals surface area contributed by atoms with Gasteiger partial charge in [0.2, 0.25) is 0 Å². The van der Waals surface area contributed by atoms with Crippen LogP contribution in [0.4, 0.5) is 0 Å². The van der Waals surface area contributed by atoms with E-state index in [1.165, 1.54) is 0 Å². The Labute approximate surface area is 146 Å². The Balaban J connectivity index is 1.96. The molecule has 1 aromatic heterocycles. The highest BCUT2D eigenvalue weighted by atomic mass is 16.5. The van der Waals surface area contributed by atoms with Crippen molar-refractivity contribution in [3.05, 3.63) is 84.9 Å². The number of rotatable bonds is 4. The Morgan fingerprint density at radius 1 is 0.680 bits per heavy atom. The van der Waals surface area contributed by atoms with Gasteiger partial charge in [0.25, 0.3) is 0 Å². The summed E-state index contributed by atoms with van der Waals surface area (Å²) in [6.07, 6.45) is 0. The number of hydrogen-bond acceptors (Lipinski definition) is 3. The first-order chi connectivity index (χ1) is 12.4. The van der Waals surface area contributed by atoms with Crippen molar-refractivity contribution >= 4 is 0 Å². The first-order valence-electron chi connectivity index (χ1n) is 8.07. The normalized spacial score (nSPS) is 10.6. The molecule has 4 heteroatoms. The van der Waals surface area contributed by atoms with Crippen LogP contribution in [-0.2, 0) is 0 Å². The molecule has 0 saturated heterocycles. The smallest absolute Gasteiger partial charge is 0.168 e. The Bertz CT molecular complexity index is 921. The van der Waals surface area contributed by atoms with E-state index in [1.54, 1.807) is 7.11 Å². The van der Waals surface area contributed by atoms with Crippen molar-refractivity contribution in [1.82, 2.24) is 14.8 Å². The Kier molecular flexibility index (Phi) is 4.01. The first-order valence-corrected chi connectivity index (χ1v) is 8.07.